The predicted molar refractivity (Wildman–Crippen MR) is 244 cm³/mol. The number of carbonyl (C=O) groups is 7. The van der Waals surface area contributed by atoms with Gasteiger partial charge in [-0.1, -0.05) is 65.2 Å². The van der Waals surface area contributed by atoms with Crippen LogP contribution in [0.4, 0.5) is 0 Å². The summed E-state index contributed by atoms with van der Waals surface area (Å²) in [4.78, 5) is 93.0. The number of phenols is 1. The van der Waals surface area contributed by atoms with Gasteiger partial charge in [-0.15, -0.1) is 11.8 Å². The average Bonchev–Trinajstić information content (AvgIpc) is 3.53. The number of benzene rings is 1. The van der Waals surface area contributed by atoms with Crippen LogP contribution in [-0.4, -0.2) is 111 Å². The number of nitrogens with one attached hydrogen (secondary N) is 2. The number of hydrogen-bond donors (Lipinski definition) is 6. The number of aliphatic carboxylic acids is 1. The molecule has 5 bridgehead atoms. The fourth-order valence-electron chi connectivity index (χ4n) is 8.30. The van der Waals surface area contributed by atoms with Gasteiger partial charge in [-0.2, -0.15) is 0 Å². The zero-order valence-electron chi connectivity index (χ0n) is 39.1. The highest BCUT2D eigenvalue weighted by atomic mass is 32.2. The Morgan fingerprint density at radius 1 is 0.879 bits per heavy atom. The molecule has 0 saturated carbocycles. The van der Waals surface area contributed by atoms with E-state index in [1.807, 2.05) is 0 Å². The zero-order chi connectivity index (χ0) is 49.2. The summed E-state index contributed by atoms with van der Waals surface area (Å²) in [5, 5.41) is 48.6. The molecule has 17 nitrogen and oxygen atoms in total. The molecule has 2 amide bonds. The number of aromatic hydroxyl groups is 1. The van der Waals surface area contributed by atoms with Gasteiger partial charge in [-0.25, -0.2) is 0 Å². The molecule has 5 rings (SSSR count). The molecule has 66 heavy (non-hydrogen) atoms. The summed E-state index contributed by atoms with van der Waals surface area (Å²) in [5.41, 5.74) is -1.74. The molecule has 1 aliphatic carbocycles. The normalized spacial score (nSPS) is 29.0. The quantitative estimate of drug-likeness (QED) is 0.0976. The number of phenolic OH excluding ortho intramolecular Hbond substituents is 1. The van der Waals surface area contributed by atoms with Crippen molar-refractivity contribution < 1.29 is 72.9 Å². The molecule has 0 radical (unpaired) electrons. The number of unbranched alkanes of at least 4 members (excludes halogenated alkanes) is 4. The third kappa shape index (κ3) is 12.4. The molecule has 0 fully saturated rings. The topological polar surface area (TPSA) is 261 Å². The number of carbonyl (C=O) groups excluding carboxylic acids is 6. The van der Waals surface area contributed by atoms with Crippen LogP contribution in [-0.2, 0) is 33.4 Å². The van der Waals surface area contributed by atoms with Crippen LogP contribution in [0.5, 0.6) is 11.5 Å². The van der Waals surface area contributed by atoms with Gasteiger partial charge in [0.05, 0.1) is 46.2 Å². The number of allylic oxidation sites excluding steroid dienone is 4. The lowest BCUT2D eigenvalue weighted by Crippen LogP contribution is -2.46. The second-order valence-corrected chi connectivity index (χ2v) is 18.5. The van der Waals surface area contributed by atoms with Crippen molar-refractivity contribution in [3.63, 3.8) is 0 Å². The number of fused-ring (bicyclic) bond motifs is 14. The Bertz CT molecular complexity index is 2180. The van der Waals surface area contributed by atoms with E-state index in [0.717, 1.165) is 37.3 Å². The maximum atomic E-state index is 14.7. The Balaban J connectivity index is 1.75. The third-order valence-corrected chi connectivity index (χ3v) is 13.5. The number of aliphatic hydroxyl groups is 2. The maximum absolute atomic E-state index is 14.7. The number of Topliss-reactive ketones (excluding diaryl/α,β-unsaturated/α-hetero) is 3. The van der Waals surface area contributed by atoms with Crippen molar-refractivity contribution in [2.75, 3.05) is 19.4 Å². The van der Waals surface area contributed by atoms with Crippen LogP contribution in [0.2, 0.25) is 0 Å². The van der Waals surface area contributed by atoms with Gasteiger partial charge in [0.15, 0.2) is 0 Å². The summed E-state index contributed by atoms with van der Waals surface area (Å²) in [5.74, 6) is -11.0. The van der Waals surface area contributed by atoms with Crippen LogP contribution >= 0.6 is 11.8 Å². The van der Waals surface area contributed by atoms with Crippen LogP contribution < -0.4 is 15.4 Å². The van der Waals surface area contributed by atoms with Crippen molar-refractivity contribution in [3.05, 3.63) is 69.0 Å². The Morgan fingerprint density at radius 3 is 2.20 bits per heavy atom. The minimum Gasteiger partial charge on any atom is -0.507 e. The first-order valence-electron chi connectivity index (χ1n) is 22.2. The second-order valence-electron chi connectivity index (χ2n) is 17.4. The number of methoxy groups -OCH3 is 1. The average molecular weight is 941 g/mol. The fraction of sp³-hybridized carbons (Fsp3) is 0.562. The smallest absolute Gasteiger partial charge is 0.312 e. The summed E-state index contributed by atoms with van der Waals surface area (Å²) in [6, 6.07) is 0. The number of carboxylic acid groups (broad SMARTS) is 1. The van der Waals surface area contributed by atoms with E-state index >= 15 is 0 Å². The first-order valence-corrected chi connectivity index (χ1v) is 23.2. The lowest BCUT2D eigenvalue weighted by atomic mass is 9.78. The predicted octanol–water partition coefficient (Wildman–Crippen LogP) is 5.62. The third-order valence-electron chi connectivity index (χ3n) is 12.4. The van der Waals surface area contributed by atoms with E-state index < -0.39 is 112 Å². The van der Waals surface area contributed by atoms with Gasteiger partial charge in [0.2, 0.25) is 17.5 Å². The number of rotatable bonds is 14. The first kappa shape index (κ1) is 53.3. The van der Waals surface area contributed by atoms with Crippen LogP contribution in [0.1, 0.15) is 130 Å². The number of esters is 1. The molecule has 4 aliphatic rings. The highest BCUT2D eigenvalue weighted by Gasteiger charge is 2.53. The summed E-state index contributed by atoms with van der Waals surface area (Å²) in [6.45, 7) is 12.5. The van der Waals surface area contributed by atoms with Gasteiger partial charge in [0, 0.05) is 80.9 Å². The van der Waals surface area contributed by atoms with E-state index in [1.165, 1.54) is 53.0 Å². The van der Waals surface area contributed by atoms with E-state index in [0.29, 0.717) is 19.4 Å². The Labute approximate surface area is 389 Å². The first-order chi connectivity index (χ1) is 31.1. The highest BCUT2D eigenvalue weighted by Crippen LogP contribution is 2.49. The van der Waals surface area contributed by atoms with Gasteiger partial charge in [-0.3, -0.25) is 33.6 Å². The van der Waals surface area contributed by atoms with Crippen LogP contribution in [0, 0.1) is 30.6 Å². The molecule has 3 aliphatic heterocycles. The maximum Gasteiger partial charge on any atom is 0.312 e. The number of ketones is 3. The van der Waals surface area contributed by atoms with E-state index in [-0.39, 0.29) is 51.9 Å². The molecule has 6 N–H and O–H groups in total. The van der Waals surface area contributed by atoms with Crippen molar-refractivity contribution in [1.82, 2.24) is 10.6 Å². The molecular weight excluding hydrogens is 877 g/mol. The van der Waals surface area contributed by atoms with Crippen LogP contribution in [0.15, 0.2) is 46.7 Å². The van der Waals surface area contributed by atoms with E-state index in [4.69, 9.17) is 24.1 Å². The summed E-state index contributed by atoms with van der Waals surface area (Å²) < 4.78 is 23.5. The summed E-state index contributed by atoms with van der Waals surface area (Å²) in [6.07, 6.45) is 6.76. The van der Waals surface area contributed by atoms with Crippen molar-refractivity contribution in [1.29, 1.82) is 0 Å². The molecular formula is C48H64N2O15S. The van der Waals surface area contributed by atoms with Gasteiger partial charge in [0.25, 0.3) is 11.7 Å². The van der Waals surface area contributed by atoms with E-state index in [2.05, 4.69) is 10.6 Å². The van der Waals surface area contributed by atoms with Gasteiger partial charge in [0.1, 0.15) is 23.3 Å². The number of ether oxygens (including phenoxy) is 4. The highest BCUT2D eigenvalue weighted by molar-refractivity contribution is 8.04. The molecule has 9 atom stereocenters. The molecule has 0 aromatic heterocycles. The van der Waals surface area contributed by atoms with Crippen molar-refractivity contribution in [2.24, 2.45) is 23.7 Å². The SMILES string of the molecule is COC1/C=C/OC2(C)Oc3c(C)c(O)c4c(c3C2=O)C(=O)C(SCCC(=O)NCCCCCCCC(=O)O)=C(NC(=O)/C(C)=C\C=C\C(C)C(O)C(C)C(O)C(C)C(OC(C)=O)C1C)C4=O. The fourth-order valence-corrected chi connectivity index (χ4v) is 9.31. The molecule has 3 heterocycles. The molecule has 1 aromatic rings. The summed E-state index contributed by atoms with van der Waals surface area (Å²) in [7, 11) is 1.41. The van der Waals surface area contributed by atoms with Crippen molar-refractivity contribution >= 4 is 52.9 Å². The summed E-state index contributed by atoms with van der Waals surface area (Å²) >= 11 is 0.819. The molecule has 0 saturated heterocycles. The largest absolute Gasteiger partial charge is 0.507 e. The minimum atomic E-state index is -2.14. The van der Waals surface area contributed by atoms with Crippen molar-refractivity contribution in [3.8, 4) is 11.5 Å². The van der Waals surface area contributed by atoms with E-state index in [1.54, 1.807) is 33.8 Å². The van der Waals surface area contributed by atoms with Gasteiger partial charge < -0.3 is 50.0 Å². The molecule has 9 unspecified atom stereocenters. The van der Waals surface area contributed by atoms with Crippen molar-refractivity contribution in [2.45, 2.75) is 131 Å². The zero-order valence-corrected chi connectivity index (χ0v) is 39.9. The Morgan fingerprint density at radius 2 is 1.55 bits per heavy atom. The van der Waals surface area contributed by atoms with Gasteiger partial charge in [-0.05, 0) is 32.8 Å². The minimum absolute atomic E-state index is 0.0265. The molecule has 1 aromatic carbocycles. The number of amides is 2. The second kappa shape index (κ2) is 23.4. The molecule has 0 spiro atoms. The van der Waals surface area contributed by atoms with Crippen LogP contribution in [0.3, 0.4) is 0 Å². The van der Waals surface area contributed by atoms with E-state index in [9.17, 15) is 48.9 Å². The standard InChI is InChI=1S/C48H64N2O15S/c1-24-16-15-17-25(2)47(61)50-37-41(58)35-34(42(59)45(37)66-23-20-32(52)49-21-14-12-10-11-13-18-33(53)54)36-44(29(6)40(35)57)65-48(8,46(36)60)63-22-19-31(62-9)26(3)43(64-30(7)51)28(5)39(56)27(4)38(24)55/h15-17,19,22,24,26-28,31,38-39,43,55-57H,10-14,18,20-21,23H2,1-9H3,(H,49,52)(H,50,61)(H,53,54)/b16-15+,22-19+,25-17-. The molecule has 18 heteroatoms. The van der Waals surface area contributed by atoms with Crippen LogP contribution in [0.25, 0.3) is 0 Å². The monoisotopic (exact) mass is 940 g/mol. The number of hydrogen-bond acceptors (Lipinski definition) is 15. The number of thioether (sulfide) groups is 1. The molecule has 362 valence electrons. The lowest BCUT2D eigenvalue weighted by molar-refractivity contribution is -0.160. The number of aliphatic hydroxyl groups excluding tert-OH is 2. The Kier molecular flexibility index (Phi) is 18.9. The van der Waals surface area contributed by atoms with Gasteiger partial charge >= 0.3 is 17.7 Å². The Hall–Kier alpha value is -5.30. The lowest BCUT2D eigenvalue weighted by Gasteiger charge is -2.38. The number of carboxylic acids is 1.